The van der Waals surface area contributed by atoms with Gasteiger partial charge < -0.3 is 9.50 Å². The van der Waals surface area contributed by atoms with Crippen molar-refractivity contribution in [1.82, 2.24) is 28.4 Å². The number of benzene rings is 1. The second kappa shape index (κ2) is 13.5. The van der Waals surface area contributed by atoms with Crippen LogP contribution in [0, 0.1) is 20.8 Å². The van der Waals surface area contributed by atoms with E-state index in [4.69, 9.17) is 20.8 Å². The van der Waals surface area contributed by atoms with Gasteiger partial charge in [-0.05, 0) is 60.5 Å². The van der Waals surface area contributed by atoms with Gasteiger partial charge in [0, 0.05) is 38.5 Å². The summed E-state index contributed by atoms with van der Waals surface area (Å²) in [5, 5.41) is 8.45. The summed E-state index contributed by atoms with van der Waals surface area (Å²) < 4.78 is 11.9. The van der Waals surface area contributed by atoms with Crippen LogP contribution in [0.1, 0.15) is 31.1 Å². The van der Waals surface area contributed by atoms with Crippen LogP contribution in [0.3, 0.4) is 0 Å². The van der Waals surface area contributed by atoms with Crippen LogP contribution in [0.25, 0.3) is 22.3 Å². The molecule has 0 fully saturated rings. The number of pyridine rings is 1. The van der Waals surface area contributed by atoms with E-state index in [9.17, 15) is 0 Å². The first-order valence-electron chi connectivity index (χ1n) is 11.1. The first-order chi connectivity index (χ1) is 16.7. The highest BCUT2D eigenvalue weighted by molar-refractivity contribution is 14.2. The van der Waals surface area contributed by atoms with E-state index in [2.05, 4.69) is 54.8 Å². The number of aromatic nitrogens is 5. The quantitative estimate of drug-likeness (QED) is 0.0710. The Labute approximate surface area is 244 Å². The predicted molar refractivity (Wildman–Crippen MR) is 170 cm³/mol. The van der Waals surface area contributed by atoms with E-state index in [1.54, 1.807) is 6.07 Å². The summed E-state index contributed by atoms with van der Waals surface area (Å²) in [5.74, 6) is 1.59. The minimum atomic E-state index is 0. The average molecular weight is 680 g/mol. The molecule has 196 valence electrons. The normalized spacial score (nSPS) is 11.1. The van der Waals surface area contributed by atoms with Gasteiger partial charge in [0.1, 0.15) is 28.7 Å². The lowest BCUT2D eigenvalue weighted by molar-refractivity contribution is 0.577. The van der Waals surface area contributed by atoms with Crippen LogP contribution in [0.5, 0.6) is 5.75 Å². The van der Waals surface area contributed by atoms with Gasteiger partial charge in [0.2, 0.25) is 0 Å². The SMILES string of the molecule is CC.Cc1nn(C)c(C)c1-c1ccc(Nc2cc(Cl)nc3c2nc(C)n3PI)c(OSN(C)C)c1.S. The van der Waals surface area contributed by atoms with E-state index in [-0.39, 0.29) is 13.5 Å². The third-order valence-corrected chi connectivity index (χ3v) is 8.06. The molecule has 1 atom stereocenters. The fraction of sp³-hybridized carbons (Fsp3) is 0.348. The number of anilines is 2. The Morgan fingerprint density at radius 2 is 1.81 bits per heavy atom. The van der Waals surface area contributed by atoms with Gasteiger partial charge in [0.05, 0.1) is 23.4 Å². The molecule has 0 radical (unpaired) electrons. The summed E-state index contributed by atoms with van der Waals surface area (Å²) in [4.78, 5) is 9.24. The van der Waals surface area contributed by atoms with Crippen LogP contribution in [0.4, 0.5) is 11.4 Å². The van der Waals surface area contributed by atoms with Crippen LogP contribution in [0.15, 0.2) is 24.3 Å². The van der Waals surface area contributed by atoms with Gasteiger partial charge in [-0.25, -0.2) is 14.3 Å². The van der Waals surface area contributed by atoms with E-state index in [0.29, 0.717) is 17.3 Å². The molecular formula is C23H32ClIN7OPS2. The highest BCUT2D eigenvalue weighted by Crippen LogP contribution is 2.39. The van der Waals surface area contributed by atoms with Gasteiger partial charge in [0.25, 0.3) is 0 Å². The first kappa shape index (κ1) is 31.0. The maximum Gasteiger partial charge on any atom is 0.167 e. The van der Waals surface area contributed by atoms with Crippen molar-refractivity contribution in [2.75, 3.05) is 19.4 Å². The van der Waals surface area contributed by atoms with Crippen LogP contribution < -0.4 is 9.50 Å². The van der Waals surface area contributed by atoms with Crippen molar-refractivity contribution < 1.29 is 4.18 Å². The Balaban J connectivity index is 0.00000148. The molecule has 3 heterocycles. The average Bonchev–Trinajstić information content (AvgIpc) is 3.27. The molecule has 0 aliphatic rings. The molecule has 0 aliphatic carbocycles. The molecule has 3 aromatic heterocycles. The number of fused-ring (bicyclic) bond motifs is 1. The third kappa shape index (κ3) is 6.60. The van der Waals surface area contributed by atoms with E-state index >= 15 is 0 Å². The molecule has 0 spiro atoms. The molecule has 0 amide bonds. The Morgan fingerprint density at radius 1 is 1.11 bits per heavy atom. The monoisotopic (exact) mass is 679 g/mol. The lowest BCUT2D eigenvalue weighted by Gasteiger charge is -2.16. The Kier molecular flexibility index (Phi) is 11.6. The number of nitrogens with one attached hydrogen (secondary N) is 1. The molecule has 1 aromatic carbocycles. The molecule has 0 saturated heterocycles. The molecule has 13 heteroatoms. The highest BCUT2D eigenvalue weighted by Gasteiger charge is 2.18. The zero-order chi connectivity index (χ0) is 25.9. The van der Waals surface area contributed by atoms with Gasteiger partial charge >= 0.3 is 0 Å². The van der Waals surface area contributed by atoms with Gasteiger partial charge in [-0.3, -0.25) is 9.02 Å². The summed E-state index contributed by atoms with van der Waals surface area (Å²) in [5.41, 5.74) is 7.35. The molecule has 0 bridgehead atoms. The second-order valence-electron chi connectivity index (χ2n) is 7.72. The molecule has 1 N–H and O–H groups in total. The fourth-order valence-electron chi connectivity index (χ4n) is 3.62. The molecule has 36 heavy (non-hydrogen) atoms. The fourth-order valence-corrected chi connectivity index (χ4v) is 6.32. The third-order valence-electron chi connectivity index (χ3n) is 5.16. The number of rotatable bonds is 7. The van der Waals surface area contributed by atoms with Crippen LogP contribution >= 0.6 is 65.7 Å². The van der Waals surface area contributed by atoms with Crippen molar-refractivity contribution in [3.8, 4) is 16.9 Å². The van der Waals surface area contributed by atoms with E-state index in [1.807, 2.05) is 70.0 Å². The highest BCUT2D eigenvalue weighted by atomic mass is 127. The van der Waals surface area contributed by atoms with Gasteiger partial charge in [-0.2, -0.15) is 18.6 Å². The van der Waals surface area contributed by atoms with Gasteiger partial charge in [-0.1, -0.05) is 31.5 Å². The first-order valence-corrected chi connectivity index (χ1v) is 16.2. The predicted octanol–water partition coefficient (Wildman–Crippen LogP) is 7.59. The standard InChI is InChI=1S/C21H24ClIN7OPS.C2H6.H2S/c1-11-19(12(2)29(6)27-11)14-7-8-15(17(9-14)31-33-28(4)5)25-16-10-18(22)26-21-20(16)24-13(3)30(21)32-23;1-2;/h7-10,32H,1-6H3,(H,25,26);1-2H3;1H2. The topological polar surface area (TPSA) is 73.0 Å². The minimum Gasteiger partial charge on any atom is -0.407 e. The summed E-state index contributed by atoms with van der Waals surface area (Å²) in [6, 6.07) is 7.91. The maximum absolute atomic E-state index is 6.37. The lowest BCUT2D eigenvalue weighted by Crippen LogP contribution is -2.04. The lowest BCUT2D eigenvalue weighted by atomic mass is 10.0. The molecular weight excluding hydrogens is 648 g/mol. The van der Waals surface area contributed by atoms with Crippen LogP contribution in [-0.4, -0.2) is 42.5 Å². The Bertz CT molecular complexity index is 1350. The van der Waals surface area contributed by atoms with Crippen LogP contribution in [0.2, 0.25) is 5.15 Å². The number of aryl methyl sites for hydroxylation is 3. The van der Waals surface area contributed by atoms with E-state index in [0.717, 1.165) is 50.9 Å². The van der Waals surface area contributed by atoms with Crippen molar-refractivity contribution in [1.29, 1.82) is 0 Å². The molecule has 0 saturated carbocycles. The van der Waals surface area contributed by atoms with Gasteiger partial charge in [-0.15, -0.1) is 0 Å². The Hall–Kier alpha value is -1.24. The number of nitrogens with zero attached hydrogens (tertiary/aromatic N) is 6. The second-order valence-corrected chi connectivity index (χ2v) is 11.2. The van der Waals surface area contributed by atoms with Crippen molar-refractivity contribution in [3.63, 3.8) is 0 Å². The smallest absolute Gasteiger partial charge is 0.167 e. The summed E-state index contributed by atoms with van der Waals surface area (Å²) >= 11 is 9.95. The molecule has 0 aliphatic heterocycles. The van der Waals surface area contributed by atoms with Crippen molar-refractivity contribution in [2.24, 2.45) is 7.05 Å². The number of hydrogen-bond acceptors (Lipinski definition) is 7. The summed E-state index contributed by atoms with van der Waals surface area (Å²) in [6.07, 6.45) is 0.478. The largest absolute Gasteiger partial charge is 0.407 e. The van der Waals surface area contributed by atoms with Crippen molar-refractivity contribution in [3.05, 3.63) is 46.6 Å². The minimum absolute atomic E-state index is 0. The zero-order valence-electron chi connectivity index (χ0n) is 21.6. The maximum atomic E-state index is 6.37. The molecule has 4 aromatic rings. The van der Waals surface area contributed by atoms with Crippen LogP contribution in [-0.2, 0) is 7.05 Å². The number of hydrogen-bond donors (Lipinski definition) is 1. The van der Waals surface area contributed by atoms with E-state index in [1.165, 1.54) is 12.2 Å². The molecule has 4 rings (SSSR count). The molecule has 1 unspecified atom stereocenters. The van der Waals surface area contributed by atoms with Crippen molar-refractivity contribution >= 4 is 88.3 Å². The van der Waals surface area contributed by atoms with Crippen molar-refractivity contribution in [2.45, 2.75) is 34.6 Å². The van der Waals surface area contributed by atoms with E-state index < -0.39 is 0 Å². The van der Waals surface area contributed by atoms with Gasteiger partial charge in [0.15, 0.2) is 11.4 Å². The molecule has 8 nitrogen and oxygen atoms in total. The Morgan fingerprint density at radius 3 is 2.39 bits per heavy atom. The number of imidazole rings is 1. The summed E-state index contributed by atoms with van der Waals surface area (Å²) in [6.45, 7) is 10.1. The number of halogens is 2. The summed E-state index contributed by atoms with van der Waals surface area (Å²) in [7, 11) is 5.82. The zero-order valence-corrected chi connectivity index (χ0v) is 27.3.